The van der Waals surface area contributed by atoms with Gasteiger partial charge in [-0.2, -0.15) is 17.0 Å². The van der Waals surface area contributed by atoms with Gasteiger partial charge in [0.2, 0.25) is 0 Å². The minimum atomic E-state index is -3.43. The van der Waals surface area contributed by atoms with E-state index >= 15 is 0 Å². The molecule has 4 rings (SSSR count). The molecule has 0 radical (unpaired) electrons. The largest absolute Gasteiger partial charge is 0.360 e. The highest BCUT2D eigenvalue weighted by molar-refractivity contribution is 7.86. The second kappa shape index (κ2) is 8.12. The molecule has 0 aromatic carbocycles. The summed E-state index contributed by atoms with van der Waals surface area (Å²) in [5.41, 5.74) is 0.314. The van der Waals surface area contributed by atoms with Gasteiger partial charge in [-0.15, -0.1) is 0 Å². The SMILES string of the molecule is C[C@H]1C[C@@H](NC(=O)c2cc(C3CC3)on2)CCN1S(=O)(=O)N1CCCCCC1. The molecule has 1 aliphatic carbocycles. The van der Waals surface area contributed by atoms with Gasteiger partial charge in [0.1, 0.15) is 5.76 Å². The third kappa shape index (κ3) is 4.26. The molecule has 0 bridgehead atoms. The first-order chi connectivity index (χ1) is 13.4. The summed E-state index contributed by atoms with van der Waals surface area (Å²) in [6.07, 6.45) is 7.46. The third-order valence-electron chi connectivity index (χ3n) is 6.08. The fraction of sp³-hybridized carbons (Fsp3) is 0.789. The molecule has 0 unspecified atom stereocenters. The Kier molecular flexibility index (Phi) is 5.76. The van der Waals surface area contributed by atoms with Crippen LogP contribution in [0.2, 0.25) is 0 Å². The van der Waals surface area contributed by atoms with Crippen LogP contribution in [0.25, 0.3) is 0 Å². The summed E-state index contributed by atoms with van der Waals surface area (Å²) < 4.78 is 34.6. The maximum absolute atomic E-state index is 13.1. The minimum Gasteiger partial charge on any atom is -0.360 e. The van der Waals surface area contributed by atoms with Gasteiger partial charge in [0.25, 0.3) is 16.1 Å². The third-order valence-corrected chi connectivity index (χ3v) is 8.23. The molecule has 156 valence electrons. The van der Waals surface area contributed by atoms with Crippen molar-refractivity contribution < 1.29 is 17.7 Å². The molecule has 2 saturated heterocycles. The number of hydrogen-bond acceptors (Lipinski definition) is 5. The topological polar surface area (TPSA) is 95.7 Å². The van der Waals surface area contributed by atoms with Crippen molar-refractivity contribution in [3.63, 3.8) is 0 Å². The monoisotopic (exact) mass is 410 g/mol. The molecular weight excluding hydrogens is 380 g/mol. The smallest absolute Gasteiger partial charge is 0.282 e. The highest BCUT2D eigenvalue weighted by Crippen LogP contribution is 2.40. The van der Waals surface area contributed by atoms with E-state index in [4.69, 9.17) is 4.52 Å². The summed E-state index contributed by atoms with van der Waals surface area (Å²) >= 11 is 0. The molecule has 9 heteroatoms. The van der Waals surface area contributed by atoms with Gasteiger partial charge < -0.3 is 9.84 Å². The van der Waals surface area contributed by atoms with Gasteiger partial charge in [0.15, 0.2) is 5.69 Å². The molecule has 2 aliphatic heterocycles. The van der Waals surface area contributed by atoms with Crippen molar-refractivity contribution in [2.24, 2.45) is 0 Å². The van der Waals surface area contributed by atoms with E-state index in [1.54, 1.807) is 14.7 Å². The van der Waals surface area contributed by atoms with E-state index < -0.39 is 10.2 Å². The number of carbonyl (C=O) groups is 1. The Hall–Kier alpha value is -1.45. The van der Waals surface area contributed by atoms with Crippen molar-refractivity contribution in [2.75, 3.05) is 19.6 Å². The van der Waals surface area contributed by atoms with Crippen molar-refractivity contribution in [3.05, 3.63) is 17.5 Å². The fourth-order valence-corrected chi connectivity index (χ4v) is 6.15. The number of hydrogen-bond donors (Lipinski definition) is 1. The van der Waals surface area contributed by atoms with Crippen LogP contribution in [-0.4, -0.2) is 59.8 Å². The average Bonchev–Trinajstić information content (AvgIpc) is 3.44. The van der Waals surface area contributed by atoms with Gasteiger partial charge >= 0.3 is 0 Å². The van der Waals surface area contributed by atoms with Gasteiger partial charge in [-0.1, -0.05) is 18.0 Å². The molecule has 8 nitrogen and oxygen atoms in total. The van der Waals surface area contributed by atoms with Crippen molar-refractivity contribution in [3.8, 4) is 0 Å². The predicted molar refractivity (Wildman–Crippen MR) is 104 cm³/mol. The summed E-state index contributed by atoms with van der Waals surface area (Å²) in [6.45, 7) is 3.58. The molecule has 1 amide bonds. The van der Waals surface area contributed by atoms with Crippen LogP contribution in [0.3, 0.4) is 0 Å². The Bertz CT molecular complexity index is 797. The fourth-order valence-electron chi connectivity index (χ4n) is 4.26. The standard InChI is InChI=1S/C19H30N4O4S/c1-14-12-16(20-19(24)17-13-18(27-21-17)15-6-7-15)8-11-23(14)28(25,26)22-9-4-2-3-5-10-22/h13-16H,2-12H2,1H3,(H,20,24)/t14-,16-/m0/s1. The van der Waals surface area contributed by atoms with Crippen LogP contribution in [-0.2, 0) is 10.2 Å². The number of carbonyl (C=O) groups excluding carboxylic acids is 1. The van der Waals surface area contributed by atoms with E-state index in [1.165, 1.54) is 0 Å². The minimum absolute atomic E-state index is 0.0563. The zero-order valence-corrected chi connectivity index (χ0v) is 17.3. The lowest BCUT2D eigenvalue weighted by molar-refractivity contribution is 0.0903. The predicted octanol–water partition coefficient (Wildman–Crippen LogP) is 2.26. The second-order valence-electron chi connectivity index (χ2n) is 8.36. The van der Waals surface area contributed by atoms with Gasteiger partial charge in [0, 0.05) is 43.7 Å². The maximum atomic E-state index is 13.1. The maximum Gasteiger partial charge on any atom is 0.282 e. The number of aromatic nitrogens is 1. The average molecular weight is 411 g/mol. The first-order valence-electron chi connectivity index (χ1n) is 10.5. The molecule has 2 atom stereocenters. The van der Waals surface area contributed by atoms with Crippen LogP contribution in [0.4, 0.5) is 0 Å². The molecule has 1 aromatic rings. The lowest BCUT2D eigenvalue weighted by Gasteiger charge is -2.39. The highest BCUT2D eigenvalue weighted by Gasteiger charge is 2.38. The quantitative estimate of drug-likeness (QED) is 0.803. The molecule has 1 saturated carbocycles. The van der Waals surface area contributed by atoms with Gasteiger partial charge in [-0.05, 0) is 45.4 Å². The van der Waals surface area contributed by atoms with Crippen molar-refractivity contribution in [1.29, 1.82) is 0 Å². The lowest BCUT2D eigenvalue weighted by Crippen LogP contribution is -2.54. The van der Waals surface area contributed by atoms with Crippen molar-refractivity contribution in [1.82, 2.24) is 19.1 Å². The van der Waals surface area contributed by atoms with E-state index in [2.05, 4.69) is 10.5 Å². The number of nitrogens with one attached hydrogen (secondary N) is 1. The molecule has 3 heterocycles. The van der Waals surface area contributed by atoms with Crippen LogP contribution >= 0.6 is 0 Å². The van der Waals surface area contributed by atoms with Crippen molar-refractivity contribution in [2.45, 2.75) is 76.3 Å². The van der Waals surface area contributed by atoms with Crippen LogP contribution in [0, 0.1) is 0 Å². The van der Waals surface area contributed by atoms with Crippen LogP contribution < -0.4 is 5.32 Å². The summed E-state index contributed by atoms with van der Waals surface area (Å²) in [6, 6.07) is 1.53. The summed E-state index contributed by atoms with van der Waals surface area (Å²) in [5, 5.41) is 6.89. The van der Waals surface area contributed by atoms with Gasteiger partial charge in [-0.25, -0.2) is 0 Å². The Morgan fingerprint density at radius 3 is 2.50 bits per heavy atom. The van der Waals surface area contributed by atoms with E-state index in [1.807, 2.05) is 6.92 Å². The summed E-state index contributed by atoms with van der Waals surface area (Å²) in [5.74, 6) is 0.968. The number of piperidine rings is 1. The van der Waals surface area contributed by atoms with Crippen LogP contribution in [0.1, 0.15) is 80.5 Å². The van der Waals surface area contributed by atoms with Crippen LogP contribution in [0.5, 0.6) is 0 Å². The Morgan fingerprint density at radius 2 is 1.86 bits per heavy atom. The lowest BCUT2D eigenvalue weighted by atomic mass is 10.0. The number of nitrogens with zero attached hydrogens (tertiary/aromatic N) is 3. The number of rotatable bonds is 5. The van der Waals surface area contributed by atoms with E-state index in [0.717, 1.165) is 44.3 Å². The second-order valence-corrected chi connectivity index (χ2v) is 10.2. The molecule has 1 aromatic heterocycles. The van der Waals surface area contributed by atoms with E-state index in [-0.39, 0.29) is 18.0 Å². The van der Waals surface area contributed by atoms with E-state index in [9.17, 15) is 13.2 Å². The number of amides is 1. The van der Waals surface area contributed by atoms with E-state index in [0.29, 0.717) is 44.1 Å². The first kappa shape index (κ1) is 19.8. The highest BCUT2D eigenvalue weighted by atomic mass is 32.2. The molecule has 1 N–H and O–H groups in total. The van der Waals surface area contributed by atoms with Crippen molar-refractivity contribution >= 4 is 16.1 Å². The van der Waals surface area contributed by atoms with Gasteiger partial charge in [0.05, 0.1) is 0 Å². The Labute approximate surface area is 166 Å². The zero-order valence-electron chi connectivity index (χ0n) is 16.5. The molecule has 28 heavy (non-hydrogen) atoms. The molecule has 0 spiro atoms. The van der Waals surface area contributed by atoms with Gasteiger partial charge in [-0.3, -0.25) is 4.79 Å². The molecule has 3 aliphatic rings. The normalized spacial score (nSPS) is 28.0. The zero-order chi connectivity index (χ0) is 19.7. The Balaban J connectivity index is 1.34. The molecular formula is C19H30N4O4S. The Morgan fingerprint density at radius 1 is 1.14 bits per heavy atom. The summed E-state index contributed by atoms with van der Waals surface area (Å²) in [4.78, 5) is 12.5. The summed E-state index contributed by atoms with van der Waals surface area (Å²) in [7, 11) is -3.43. The first-order valence-corrected chi connectivity index (χ1v) is 11.9. The molecule has 3 fully saturated rings. The van der Waals surface area contributed by atoms with Crippen LogP contribution in [0.15, 0.2) is 10.6 Å².